The maximum absolute atomic E-state index is 13.0. The lowest BCUT2D eigenvalue weighted by molar-refractivity contribution is 0.0693. The average molecular weight is 370 g/mol. The van der Waals surface area contributed by atoms with E-state index in [2.05, 4.69) is 9.97 Å². The Labute approximate surface area is 154 Å². The van der Waals surface area contributed by atoms with Crippen LogP contribution in [-0.4, -0.2) is 32.8 Å². The van der Waals surface area contributed by atoms with E-state index in [4.69, 9.17) is 0 Å². The molecule has 3 N–H and O–H groups in total. The number of aromatic carboxylic acids is 1. The minimum atomic E-state index is -1.32. The molecule has 0 spiro atoms. The number of halogens is 1. The van der Waals surface area contributed by atoms with Crippen LogP contribution in [0.15, 0.2) is 41.3 Å². The van der Waals surface area contributed by atoms with Gasteiger partial charge in [-0.15, -0.1) is 0 Å². The molecule has 3 aromatic rings. The summed E-state index contributed by atoms with van der Waals surface area (Å²) in [5, 5.41) is 18.7. The molecule has 0 aliphatic carbocycles. The normalized spacial score (nSPS) is 12.3. The van der Waals surface area contributed by atoms with Crippen molar-refractivity contribution in [2.24, 2.45) is 5.92 Å². The fourth-order valence-electron chi connectivity index (χ4n) is 3.06. The second-order valence-corrected chi connectivity index (χ2v) is 6.65. The second kappa shape index (κ2) is 7.67. The lowest BCUT2D eigenvalue weighted by Crippen LogP contribution is -2.23. The Morgan fingerprint density at radius 2 is 1.96 bits per heavy atom. The van der Waals surface area contributed by atoms with Gasteiger partial charge in [-0.1, -0.05) is 19.1 Å². The van der Waals surface area contributed by atoms with Gasteiger partial charge < -0.3 is 15.2 Å². The van der Waals surface area contributed by atoms with Crippen molar-refractivity contribution in [1.82, 2.24) is 9.97 Å². The number of aromatic nitrogens is 2. The summed E-state index contributed by atoms with van der Waals surface area (Å²) in [5.41, 5.74) is 1.79. The van der Waals surface area contributed by atoms with Gasteiger partial charge in [0.2, 0.25) is 0 Å². The van der Waals surface area contributed by atoms with E-state index in [0.717, 1.165) is 11.1 Å². The number of carbonyl (C=O) groups is 1. The third-order valence-electron chi connectivity index (χ3n) is 4.41. The van der Waals surface area contributed by atoms with Gasteiger partial charge in [0.15, 0.2) is 0 Å². The quantitative estimate of drug-likeness (QED) is 0.619. The number of rotatable bonds is 6. The Balaban J connectivity index is 2.08. The minimum Gasteiger partial charge on any atom is -0.477 e. The number of benzene rings is 1. The molecule has 6 nitrogen and oxygen atoms in total. The van der Waals surface area contributed by atoms with Crippen LogP contribution in [0.1, 0.15) is 34.0 Å². The number of hydrogen-bond acceptors (Lipinski definition) is 4. The summed E-state index contributed by atoms with van der Waals surface area (Å²) in [4.78, 5) is 30.8. The summed E-state index contributed by atoms with van der Waals surface area (Å²) in [5.74, 6) is -1.85. The van der Waals surface area contributed by atoms with Crippen LogP contribution in [-0.2, 0) is 12.8 Å². The van der Waals surface area contributed by atoms with Gasteiger partial charge in [-0.2, -0.15) is 0 Å². The number of nitrogens with zero attached hydrogens (tertiary/aromatic N) is 1. The highest BCUT2D eigenvalue weighted by Crippen LogP contribution is 2.22. The Morgan fingerprint density at radius 1 is 1.26 bits per heavy atom. The van der Waals surface area contributed by atoms with E-state index in [0.29, 0.717) is 23.0 Å². The summed E-state index contributed by atoms with van der Waals surface area (Å²) in [6.45, 7) is 1.64. The molecule has 140 valence electrons. The Hall–Kier alpha value is -3.06. The van der Waals surface area contributed by atoms with Crippen LogP contribution in [0.3, 0.4) is 0 Å². The number of aromatic amines is 1. The van der Waals surface area contributed by atoms with Crippen LogP contribution in [0.5, 0.6) is 0 Å². The van der Waals surface area contributed by atoms with Crippen LogP contribution >= 0.6 is 0 Å². The van der Waals surface area contributed by atoms with Crippen molar-refractivity contribution < 1.29 is 19.4 Å². The fraction of sp³-hybridized carbons (Fsp3) is 0.250. The van der Waals surface area contributed by atoms with Crippen LogP contribution in [0.25, 0.3) is 11.0 Å². The van der Waals surface area contributed by atoms with E-state index in [1.165, 1.54) is 12.1 Å². The van der Waals surface area contributed by atoms with Gasteiger partial charge in [0.1, 0.15) is 11.4 Å². The Morgan fingerprint density at radius 3 is 2.59 bits per heavy atom. The van der Waals surface area contributed by atoms with Gasteiger partial charge in [-0.3, -0.25) is 9.78 Å². The SMILES string of the molecule is CC(CO)Cc1c(C(=O)O)c(=O)[nH]c2cc(Cc3ccc(F)cc3)cnc12. The number of carboxylic acid groups (broad SMARTS) is 1. The molecule has 2 heterocycles. The Bertz CT molecular complexity index is 1040. The molecule has 0 bridgehead atoms. The summed E-state index contributed by atoms with van der Waals surface area (Å²) in [6.07, 6.45) is 2.33. The smallest absolute Gasteiger partial charge is 0.341 e. The van der Waals surface area contributed by atoms with Gasteiger partial charge in [-0.25, -0.2) is 9.18 Å². The van der Waals surface area contributed by atoms with Crippen LogP contribution in [0, 0.1) is 11.7 Å². The molecular weight excluding hydrogens is 351 g/mol. The molecule has 2 aromatic heterocycles. The monoisotopic (exact) mass is 370 g/mol. The number of aliphatic hydroxyl groups is 1. The maximum atomic E-state index is 13.0. The molecule has 1 aromatic carbocycles. The highest BCUT2D eigenvalue weighted by molar-refractivity contribution is 5.94. The number of pyridine rings is 2. The zero-order chi connectivity index (χ0) is 19.6. The molecule has 0 saturated carbocycles. The molecule has 1 unspecified atom stereocenters. The lowest BCUT2D eigenvalue weighted by Gasteiger charge is -2.13. The molecular formula is C20H19FN2O4. The molecule has 0 radical (unpaired) electrons. The van der Waals surface area contributed by atoms with Crippen molar-refractivity contribution in [1.29, 1.82) is 0 Å². The third kappa shape index (κ3) is 4.03. The largest absolute Gasteiger partial charge is 0.477 e. The number of H-pyrrole nitrogens is 1. The summed E-state index contributed by atoms with van der Waals surface area (Å²) < 4.78 is 13.0. The van der Waals surface area contributed by atoms with E-state index in [9.17, 15) is 24.2 Å². The summed E-state index contributed by atoms with van der Waals surface area (Å²) in [6, 6.07) is 7.83. The predicted molar refractivity (Wildman–Crippen MR) is 98.5 cm³/mol. The molecule has 1 atom stereocenters. The first-order chi connectivity index (χ1) is 12.9. The molecule has 3 rings (SSSR count). The highest BCUT2D eigenvalue weighted by atomic mass is 19.1. The van der Waals surface area contributed by atoms with Gasteiger partial charge in [0.25, 0.3) is 5.56 Å². The molecule has 0 aliphatic heterocycles. The first-order valence-electron chi connectivity index (χ1n) is 8.51. The van der Waals surface area contributed by atoms with Crippen LogP contribution in [0.4, 0.5) is 4.39 Å². The van der Waals surface area contributed by atoms with Crippen LogP contribution < -0.4 is 5.56 Å². The van der Waals surface area contributed by atoms with E-state index in [1.807, 2.05) is 0 Å². The van der Waals surface area contributed by atoms with Gasteiger partial charge >= 0.3 is 5.97 Å². The number of aliphatic hydroxyl groups excluding tert-OH is 1. The topological polar surface area (TPSA) is 103 Å². The molecule has 7 heteroatoms. The van der Waals surface area contributed by atoms with Crippen molar-refractivity contribution in [3.05, 3.63) is 75.0 Å². The first-order valence-corrected chi connectivity index (χ1v) is 8.51. The number of carboxylic acids is 1. The van der Waals surface area contributed by atoms with Crippen LogP contribution in [0.2, 0.25) is 0 Å². The van der Waals surface area contributed by atoms with Crippen molar-refractivity contribution in [3.8, 4) is 0 Å². The number of nitrogens with one attached hydrogen (secondary N) is 1. The lowest BCUT2D eigenvalue weighted by atomic mass is 9.96. The minimum absolute atomic E-state index is 0.129. The zero-order valence-electron chi connectivity index (χ0n) is 14.7. The van der Waals surface area contributed by atoms with E-state index in [1.54, 1.807) is 31.3 Å². The van der Waals surface area contributed by atoms with Crippen molar-refractivity contribution in [2.45, 2.75) is 19.8 Å². The number of hydrogen-bond donors (Lipinski definition) is 3. The average Bonchev–Trinajstić information content (AvgIpc) is 2.62. The molecule has 0 saturated heterocycles. The third-order valence-corrected chi connectivity index (χ3v) is 4.41. The van der Waals surface area contributed by atoms with E-state index >= 15 is 0 Å². The summed E-state index contributed by atoms with van der Waals surface area (Å²) in [7, 11) is 0. The van der Waals surface area contributed by atoms with Crippen molar-refractivity contribution in [2.75, 3.05) is 6.61 Å². The van der Waals surface area contributed by atoms with Crippen molar-refractivity contribution in [3.63, 3.8) is 0 Å². The zero-order valence-corrected chi connectivity index (χ0v) is 14.7. The molecule has 0 amide bonds. The van der Waals surface area contributed by atoms with Gasteiger partial charge in [-0.05, 0) is 48.1 Å². The predicted octanol–water partition coefficient (Wildman–Crippen LogP) is 2.52. The number of fused-ring (bicyclic) bond motifs is 1. The highest BCUT2D eigenvalue weighted by Gasteiger charge is 2.21. The van der Waals surface area contributed by atoms with E-state index < -0.39 is 11.5 Å². The Kier molecular flexibility index (Phi) is 5.32. The molecule has 0 aliphatic rings. The van der Waals surface area contributed by atoms with Gasteiger partial charge in [0, 0.05) is 18.4 Å². The molecule has 0 fully saturated rings. The van der Waals surface area contributed by atoms with Gasteiger partial charge in [0.05, 0.1) is 11.0 Å². The molecule has 27 heavy (non-hydrogen) atoms. The summed E-state index contributed by atoms with van der Waals surface area (Å²) >= 11 is 0. The second-order valence-electron chi connectivity index (χ2n) is 6.65. The fourth-order valence-corrected chi connectivity index (χ4v) is 3.06. The first kappa shape index (κ1) is 18.7. The maximum Gasteiger partial charge on any atom is 0.341 e. The van der Waals surface area contributed by atoms with Crippen molar-refractivity contribution >= 4 is 17.0 Å². The standard InChI is InChI=1S/C20H19FN2O4/c1-11(10-24)6-15-17(20(26)27)19(25)23-16-8-13(9-22-18(15)16)7-12-2-4-14(21)5-3-12/h2-5,8-9,11,24H,6-7,10H2,1H3,(H,23,25)(H,26,27). The van der Waals surface area contributed by atoms with E-state index in [-0.39, 0.29) is 30.3 Å².